The molecular formula is C19H21NO3. The predicted molar refractivity (Wildman–Crippen MR) is 91.1 cm³/mol. The van der Waals surface area contributed by atoms with Crippen LogP contribution in [0.5, 0.6) is 5.75 Å². The van der Waals surface area contributed by atoms with Crippen LogP contribution < -0.4 is 10.1 Å². The van der Waals surface area contributed by atoms with Gasteiger partial charge in [-0.25, -0.2) is 0 Å². The third-order valence-corrected chi connectivity index (χ3v) is 3.24. The number of nitrogens with one attached hydrogen (secondary N) is 1. The van der Waals surface area contributed by atoms with Crippen LogP contribution in [0.3, 0.4) is 0 Å². The summed E-state index contributed by atoms with van der Waals surface area (Å²) in [6, 6.07) is 15.4. The van der Waals surface area contributed by atoms with E-state index in [9.17, 15) is 4.79 Å². The number of aliphatic hydroxyl groups is 1. The zero-order chi connectivity index (χ0) is 16.5. The average molecular weight is 311 g/mol. The fraction of sp³-hybridized carbons (Fsp3) is 0.211. The standard InChI is InChI=1S/C19H21NO3/c1-15-5-4-6-16(13-15)9-10-19(22)20-14-17-7-2-3-8-18(17)23-12-11-21/h2-10,13,21H,11-12,14H2,1H3,(H,20,22)/b10-9+. The van der Waals surface area contributed by atoms with Crippen molar-refractivity contribution in [2.24, 2.45) is 0 Å². The molecule has 0 fully saturated rings. The van der Waals surface area contributed by atoms with Gasteiger partial charge in [-0.05, 0) is 24.6 Å². The first-order chi connectivity index (χ1) is 11.2. The Morgan fingerprint density at radius 1 is 1.22 bits per heavy atom. The Kier molecular flexibility index (Phi) is 6.39. The van der Waals surface area contributed by atoms with Crippen molar-refractivity contribution in [1.29, 1.82) is 0 Å². The Morgan fingerprint density at radius 3 is 2.83 bits per heavy atom. The summed E-state index contributed by atoms with van der Waals surface area (Å²) in [7, 11) is 0. The van der Waals surface area contributed by atoms with Crippen LogP contribution in [0.25, 0.3) is 6.08 Å². The van der Waals surface area contributed by atoms with Crippen LogP contribution in [0.2, 0.25) is 0 Å². The van der Waals surface area contributed by atoms with Gasteiger partial charge in [0.25, 0.3) is 0 Å². The summed E-state index contributed by atoms with van der Waals surface area (Å²) in [5.41, 5.74) is 3.02. The van der Waals surface area contributed by atoms with E-state index in [4.69, 9.17) is 9.84 Å². The highest BCUT2D eigenvalue weighted by Crippen LogP contribution is 2.17. The molecule has 0 radical (unpaired) electrons. The molecular weight excluding hydrogens is 290 g/mol. The average Bonchev–Trinajstić information content (AvgIpc) is 2.57. The molecule has 4 heteroatoms. The lowest BCUT2D eigenvalue weighted by molar-refractivity contribution is -0.116. The number of aryl methyl sites for hydroxylation is 1. The van der Waals surface area contributed by atoms with E-state index in [1.807, 2.05) is 55.5 Å². The first-order valence-corrected chi connectivity index (χ1v) is 7.53. The largest absolute Gasteiger partial charge is 0.491 e. The molecule has 23 heavy (non-hydrogen) atoms. The zero-order valence-corrected chi connectivity index (χ0v) is 13.2. The van der Waals surface area contributed by atoms with Crippen LogP contribution in [0.4, 0.5) is 0 Å². The van der Waals surface area contributed by atoms with Gasteiger partial charge in [0, 0.05) is 18.2 Å². The van der Waals surface area contributed by atoms with Crippen molar-refractivity contribution < 1.29 is 14.6 Å². The molecule has 0 unspecified atom stereocenters. The summed E-state index contributed by atoms with van der Waals surface area (Å²) in [5, 5.41) is 11.7. The van der Waals surface area contributed by atoms with Gasteiger partial charge >= 0.3 is 0 Å². The second-order valence-electron chi connectivity index (χ2n) is 5.15. The van der Waals surface area contributed by atoms with Crippen LogP contribution in [0.1, 0.15) is 16.7 Å². The summed E-state index contributed by atoms with van der Waals surface area (Å²) in [5.74, 6) is 0.507. The third-order valence-electron chi connectivity index (χ3n) is 3.24. The highest BCUT2D eigenvalue weighted by molar-refractivity contribution is 5.91. The summed E-state index contributed by atoms with van der Waals surface area (Å²) in [6.07, 6.45) is 3.31. The molecule has 0 bridgehead atoms. The van der Waals surface area contributed by atoms with Gasteiger partial charge in [0.1, 0.15) is 12.4 Å². The van der Waals surface area contributed by atoms with Crippen LogP contribution in [-0.2, 0) is 11.3 Å². The SMILES string of the molecule is Cc1cccc(/C=C/C(=O)NCc2ccccc2OCCO)c1. The van der Waals surface area contributed by atoms with Crippen molar-refractivity contribution in [3.63, 3.8) is 0 Å². The van der Waals surface area contributed by atoms with Gasteiger partial charge in [-0.2, -0.15) is 0 Å². The topological polar surface area (TPSA) is 58.6 Å². The molecule has 0 heterocycles. The number of benzene rings is 2. The number of rotatable bonds is 7. The fourth-order valence-corrected chi connectivity index (χ4v) is 2.13. The molecule has 4 nitrogen and oxygen atoms in total. The maximum absolute atomic E-state index is 11.9. The van der Waals surface area contributed by atoms with Crippen LogP contribution in [-0.4, -0.2) is 24.2 Å². The van der Waals surface area contributed by atoms with Crippen molar-refractivity contribution in [3.05, 3.63) is 71.3 Å². The number of carbonyl (C=O) groups is 1. The Bertz CT molecular complexity index is 680. The van der Waals surface area contributed by atoms with E-state index in [0.29, 0.717) is 12.3 Å². The van der Waals surface area contributed by atoms with Crippen molar-refractivity contribution in [1.82, 2.24) is 5.32 Å². The predicted octanol–water partition coefficient (Wildman–Crippen LogP) is 2.70. The lowest BCUT2D eigenvalue weighted by Gasteiger charge is -2.10. The van der Waals surface area contributed by atoms with Crippen molar-refractivity contribution in [2.75, 3.05) is 13.2 Å². The molecule has 2 aromatic carbocycles. The van der Waals surface area contributed by atoms with E-state index in [0.717, 1.165) is 16.7 Å². The Balaban J connectivity index is 1.92. The van der Waals surface area contributed by atoms with E-state index in [-0.39, 0.29) is 19.1 Å². The van der Waals surface area contributed by atoms with Gasteiger partial charge in [-0.1, -0.05) is 48.0 Å². The maximum atomic E-state index is 11.9. The number of amides is 1. The minimum atomic E-state index is -0.163. The lowest BCUT2D eigenvalue weighted by Crippen LogP contribution is -2.20. The molecule has 0 spiro atoms. The smallest absolute Gasteiger partial charge is 0.244 e. The van der Waals surface area contributed by atoms with Gasteiger partial charge < -0.3 is 15.2 Å². The highest BCUT2D eigenvalue weighted by Gasteiger charge is 2.04. The van der Waals surface area contributed by atoms with E-state index >= 15 is 0 Å². The van der Waals surface area contributed by atoms with Crippen LogP contribution in [0, 0.1) is 6.92 Å². The number of aliphatic hydroxyl groups excluding tert-OH is 1. The summed E-state index contributed by atoms with van der Waals surface area (Å²) < 4.78 is 5.44. The van der Waals surface area contributed by atoms with Crippen LogP contribution in [0.15, 0.2) is 54.6 Å². The van der Waals surface area contributed by atoms with Gasteiger partial charge in [-0.3, -0.25) is 4.79 Å². The summed E-state index contributed by atoms with van der Waals surface area (Å²) in [6.45, 7) is 2.58. The molecule has 2 aromatic rings. The highest BCUT2D eigenvalue weighted by atomic mass is 16.5. The normalized spacial score (nSPS) is 10.7. The fourth-order valence-electron chi connectivity index (χ4n) is 2.13. The molecule has 2 rings (SSSR count). The molecule has 0 saturated carbocycles. The van der Waals surface area contributed by atoms with Gasteiger partial charge in [0.15, 0.2) is 0 Å². The first-order valence-electron chi connectivity index (χ1n) is 7.53. The number of hydrogen-bond acceptors (Lipinski definition) is 3. The molecule has 0 aliphatic rings. The quantitative estimate of drug-likeness (QED) is 0.773. The van der Waals surface area contributed by atoms with E-state index < -0.39 is 0 Å². The number of carbonyl (C=O) groups excluding carboxylic acids is 1. The molecule has 0 aliphatic carbocycles. The van der Waals surface area contributed by atoms with Gasteiger partial charge in [-0.15, -0.1) is 0 Å². The first kappa shape index (κ1) is 16.8. The minimum absolute atomic E-state index is 0.0417. The second kappa shape index (κ2) is 8.76. The third kappa shape index (κ3) is 5.60. The molecule has 1 amide bonds. The van der Waals surface area contributed by atoms with Crippen LogP contribution >= 0.6 is 0 Å². The molecule has 0 aromatic heterocycles. The number of hydrogen-bond donors (Lipinski definition) is 2. The summed E-state index contributed by atoms with van der Waals surface area (Å²) in [4.78, 5) is 11.9. The zero-order valence-electron chi connectivity index (χ0n) is 13.2. The van der Waals surface area contributed by atoms with Gasteiger partial charge in [0.2, 0.25) is 5.91 Å². The number of ether oxygens (including phenoxy) is 1. The molecule has 120 valence electrons. The van der Waals surface area contributed by atoms with Gasteiger partial charge in [0.05, 0.1) is 6.61 Å². The van der Waals surface area contributed by atoms with E-state index in [1.165, 1.54) is 6.08 Å². The number of para-hydroxylation sites is 1. The minimum Gasteiger partial charge on any atom is -0.491 e. The second-order valence-corrected chi connectivity index (χ2v) is 5.15. The van der Waals surface area contributed by atoms with Crippen molar-refractivity contribution in [3.8, 4) is 5.75 Å². The van der Waals surface area contributed by atoms with Crippen molar-refractivity contribution in [2.45, 2.75) is 13.5 Å². The molecule has 0 saturated heterocycles. The Morgan fingerprint density at radius 2 is 2.04 bits per heavy atom. The molecule has 0 aliphatic heterocycles. The monoisotopic (exact) mass is 311 g/mol. The molecule has 2 N–H and O–H groups in total. The summed E-state index contributed by atoms with van der Waals surface area (Å²) >= 11 is 0. The lowest BCUT2D eigenvalue weighted by atomic mass is 10.1. The Hall–Kier alpha value is -2.59. The van der Waals surface area contributed by atoms with E-state index in [2.05, 4.69) is 5.32 Å². The maximum Gasteiger partial charge on any atom is 0.244 e. The molecule has 0 atom stereocenters. The van der Waals surface area contributed by atoms with E-state index in [1.54, 1.807) is 6.08 Å². The Labute approximate surface area is 136 Å². The van der Waals surface area contributed by atoms with Crippen molar-refractivity contribution >= 4 is 12.0 Å².